The Balaban J connectivity index is 1.35. The van der Waals surface area contributed by atoms with Crippen molar-refractivity contribution >= 4 is 48.8 Å². The normalized spacial score (nSPS) is 12.0. The van der Waals surface area contributed by atoms with Gasteiger partial charge in [0.1, 0.15) is 5.69 Å². The van der Waals surface area contributed by atoms with Gasteiger partial charge in [-0.1, -0.05) is 121 Å². The van der Waals surface area contributed by atoms with Gasteiger partial charge in [0.15, 0.2) is 0 Å². The fourth-order valence-corrected chi connectivity index (χ4v) is 5.33. The zero-order valence-corrected chi connectivity index (χ0v) is 19.1. The summed E-state index contributed by atoms with van der Waals surface area (Å²) in [4.78, 5) is 0. The van der Waals surface area contributed by atoms with Crippen molar-refractivity contribution in [1.82, 2.24) is 0 Å². The number of fused-ring (bicyclic) bond motifs is 1. The Labute approximate surface area is 203 Å². The van der Waals surface area contributed by atoms with Gasteiger partial charge in [0, 0.05) is 10.9 Å². The van der Waals surface area contributed by atoms with Crippen molar-refractivity contribution in [1.29, 1.82) is 0 Å². The van der Waals surface area contributed by atoms with Gasteiger partial charge in [-0.25, -0.2) is 0 Å². The highest BCUT2D eigenvalue weighted by Gasteiger charge is 2.12. The molecule has 7 aromatic rings. The van der Waals surface area contributed by atoms with E-state index in [1.807, 2.05) is 6.07 Å². The van der Waals surface area contributed by atoms with E-state index in [-0.39, 0.29) is 0 Å². The highest BCUT2D eigenvalue weighted by Crippen LogP contribution is 2.38. The van der Waals surface area contributed by atoms with E-state index >= 15 is 0 Å². The van der Waals surface area contributed by atoms with Crippen LogP contribution < -0.4 is 0 Å². The van der Waals surface area contributed by atoms with Crippen LogP contribution in [0.25, 0.3) is 54.2 Å². The van der Waals surface area contributed by atoms with Crippen LogP contribution >= 0.6 is 0 Å². The summed E-state index contributed by atoms with van der Waals surface area (Å²) in [6, 6.07) is 43.0. The van der Waals surface area contributed by atoms with E-state index in [4.69, 9.17) is 10.2 Å². The summed E-state index contributed by atoms with van der Waals surface area (Å²) in [6.07, 6.45) is 0. The maximum atomic E-state index is 4.84. The van der Waals surface area contributed by atoms with Crippen LogP contribution in [0.1, 0.15) is 5.56 Å². The smallest absolute Gasteiger partial charge is 0.101 e. The minimum Gasteiger partial charge on any atom is -0.184 e. The first kappa shape index (κ1) is 19.9. The molecule has 7 aromatic carbocycles. The number of nitrogens with zero attached hydrogens (tertiary/aromatic N) is 2. The van der Waals surface area contributed by atoms with E-state index in [0.717, 1.165) is 22.2 Å². The molecule has 0 fully saturated rings. The van der Waals surface area contributed by atoms with E-state index < -0.39 is 0 Å². The summed E-state index contributed by atoms with van der Waals surface area (Å²) in [6.45, 7) is 0.533. The molecule has 7 rings (SSSR count). The Bertz CT molecular complexity index is 1850. The van der Waals surface area contributed by atoms with Crippen LogP contribution in [0.2, 0.25) is 0 Å². The SMILES string of the molecule is c1ccc(-c2ccc3ccccc3c2N=NCc2ccc3ccc4cccc5ccc2c3c45)cc1. The molecule has 2 nitrogen and oxygen atoms in total. The molecule has 2 heteroatoms. The summed E-state index contributed by atoms with van der Waals surface area (Å²) in [7, 11) is 0. The van der Waals surface area contributed by atoms with Crippen LogP contribution in [0.5, 0.6) is 0 Å². The van der Waals surface area contributed by atoms with Gasteiger partial charge in [0.05, 0.1) is 6.54 Å². The average Bonchev–Trinajstić information content (AvgIpc) is 2.93. The summed E-state index contributed by atoms with van der Waals surface area (Å²) >= 11 is 0. The highest BCUT2D eigenvalue weighted by atomic mass is 15.1. The molecule has 0 saturated heterocycles. The lowest BCUT2D eigenvalue weighted by atomic mass is 9.92. The molecule has 0 unspecified atom stereocenters. The first-order chi connectivity index (χ1) is 17.4. The molecule has 0 spiro atoms. The Kier molecular flexibility index (Phi) is 4.56. The van der Waals surface area contributed by atoms with Crippen molar-refractivity contribution in [2.75, 3.05) is 0 Å². The Morgan fingerprint density at radius 3 is 1.97 bits per heavy atom. The topological polar surface area (TPSA) is 24.7 Å². The molecule has 0 atom stereocenters. The summed E-state index contributed by atoms with van der Waals surface area (Å²) < 4.78 is 0. The van der Waals surface area contributed by atoms with Crippen molar-refractivity contribution in [3.8, 4) is 11.1 Å². The molecule has 0 heterocycles. The first-order valence-corrected chi connectivity index (χ1v) is 12.0. The third kappa shape index (κ3) is 3.26. The summed E-state index contributed by atoms with van der Waals surface area (Å²) in [5, 5.41) is 19.6. The van der Waals surface area contributed by atoms with Gasteiger partial charge < -0.3 is 0 Å². The largest absolute Gasteiger partial charge is 0.184 e. The highest BCUT2D eigenvalue weighted by molar-refractivity contribution is 6.23. The number of rotatable bonds is 4. The monoisotopic (exact) mass is 446 g/mol. The van der Waals surface area contributed by atoms with Crippen molar-refractivity contribution in [3.63, 3.8) is 0 Å². The van der Waals surface area contributed by atoms with Crippen molar-refractivity contribution in [2.24, 2.45) is 10.2 Å². The van der Waals surface area contributed by atoms with Crippen LogP contribution in [-0.2, 0) is 6.54 Å². The number of benzene rings is 7. The molecular weight excluding hydrogens is 424 g/mol. The van der Waals surface area contributed by atoms with Crippen molar-refractivity contribution in [3.05, 3.63) is 127 Å². The van der Waals surface area contributed by atoms with Gasteiger partial charge in [-0.05, 0) is 48.8 Å². The summed E-state index contributed by atoms with van der Waals surface area (Å²) in [5.41, 5.74) is 4.37. The van der Waals surface area contributed by atoms with Crippen LogP contribution in [0.4, 0.5) is 5.69 Å². The molecule has 0 N–H and O–H groups in total. The third-order valence-corrected chi connectivity index (χ3v) is 7.02. The summed E-state index contributed by atoms with van der Waals surface area (Å²) in [5.74, 6) is 0. The van der Waals surface area contributed by atoms with Crippen molar-refractivity contribution in [2.45, 2.75) is 6.54 Å². The lowest BCUT2D eigenvalue weighted by Gasteiger charge is -2.13. The Morgan fingerprint density at radius 1 is 0.457 bits per heavy atom. The number of azo groups is 1. The predicted octanol–water partition coefficient (Wildman–Crippen LogP) is 9.69. The molecule has 0 aliphatic heterocycles. The van der Waals surface area contributed by atoms with Gasteiger partial charge in [-0.2, -0.15) is 10.2 Å². The number of hydrogen-bond acceptors (Lipinski definition) is 2. The second-order valence-electron chi connectivity index (χ2n) is 9.03. The fourth-order valence-electron chi connectivity index (χ4n) is 5.33. The molecule has 0 aromatic heterocycles. The predicted molar refractivity (Wildman–Crippen MR) is 148 cm³/mol. The van der Waals surface area contributed by atoms with Crippen LogP contribution in [0, 0.1) is 0 Å². The molecule has 0 radical (unpaired) electrons. The van der Waals surface area contributed by atoms with E-state index in [1.54, 1.807) is 0 Å². The molecule has 0 amide bonds. The first-order valence-electron chi connectivity index (χ1n) is 12.0. The van der Waals surface area contributed by atoms with Crippen LogP contribution in [0.3, 0.4) is 0 Å². The Hall–Kier alpha value is -4.56. The van der Waals surface area contributed by atoms with Gasteiger partial charge >= 0.3 is 0 Å². The Morgan fingerprint density at radius 2 is 1.11 bits per heavy atom. The number of hydrogen-bond donors (Lipinski definition) is 0. The van der Waals surface area contributed by atoms with Gasteiger partial charge in [-0.15, -0.1) is 0 Å². The maximum absolute atomic E-state index is 4.84. The fraction of sp³-hybridized carbons (Fsp3) is 0.0303. The lowest BCUT2D eigenvalue weighted by molar-refractivity contribution is 0.971. The van der Waals surface area contributed by atoms with Gasteiger partial charge in [0.25, 0.3) is 0 Å². The molecule has 0 saturated carbocycles. The van der Waals surface area contributed by atoms with Crippen LogP contribution in [0.15, 0.2) is 132 Å². The van der Waals surface area contributed by atoms with Gasteiger partial charge in [-0.3, -0.25) is 0 Å². The van der Waals surface area contributed by atoms with E-state index in [0.29, 0.717) is 6.54 Å². The molecule has 164 valence electrons. The molecule has 0 aliphatic rings. The minimum atomic E-state index is 0.533. The average molecular weight is 447 g/mol. The lowest BCUT2D eigenvalue weighted by Crippen LogP contribution is -1.89. The molecule has 0 bridgehead atoms. The zero-order valence-electron chi connectivity index (χ0n) is 19.1. The quantitative estimate of drug-likeness (QED) is 0.190. The molecule has 0 aliphatic carbocycles. The molecule has 35 heavy (non-hydrogen) atoms. The van der Waals surface area contributed by atoms with Crippen LogP contribution in [-0.4, -0.2) is 0 Å². The van der Waals surface area contributed by atoms with Gasteiger partial charge in [0.2, 0.25) is 0 Å². The van der Waals surface area contributed by atoms with E-state index in [1.165, 1.54) is 43.3 Å². The third-order valence-electron chi connectivity index (χ3n) is 7.02. The maximum Gasteiger partial charge on any atom is 0.101 e. The van der Waals surface area contributed by atoms with E-state index in [9.17, 15) is 0 Å². The van der Waals surface area contributed by atoms with E-state index in [2.05, 4.69) is 115 Å². The zero-order chi connectivity index (χ0) is 23.2. The second kappa shape index (κ2) is 8.03. The minimum absolute atomic E-state index is 0.533. The molecular formula is C33H22N2. The van der Waals surface area contributed by atoms with Crippen molar-refractivity contribution < 1.29 is 0 Å². The standard InChI is InChI=1S/C33H22N2/c1-2-7-22(8-3-1)30-20-17-23-9-4-5-12-29(23)33(30)35-34-21-27-16-15-26-14-13-24-10-6-11-25-18-19-28(27)32(26)31(24)25/h1-20H,21H2. The second-order valence-corrected chi connectivity index (χ2v) is 9.03.